The van der Waals surface area contributed by atoms with Crippen LogP contribution in [0.4, 0.5) is 0 Å². The molecule has 0 spiro atoms. The molecular formula is C21H21N3O3. The van der Waals surface area contributed by atoms with Crippen LogP contribution in [0.2, 0.25) is 0 Å². The number of esters is 1. The van der Waals surface area contributed by atoms with E-state index >= 15 is 0 Å². The number of nitrogens with one attached hydrogen (secondary N) is 1. The SMILES string of the molecule is Cc1nc2ccc(C(=O)OCC(=O)NCCc3ccccc3)cc2nc1C. The number of fused-ring (bicyclic) bond motifs is 1. The van der Waals surface area contributed by atoms with E-state index in [0.29, 0.717) is 23.1 Å². The van der Waals surface area contributed by atoms with Crippen LogP contribution >= 0.6 is 0 Å². The summed E-state index contributed by atoms with van der Waals surface area (Å²) in [6.45, 7) is 3.93. The first-order chi connectivity index (χ1) is 13.0. The van der Waals surface area contributed by atoms with Crippen molar-refractivity contribution in [1.29, 1.82) is 0 Å². The fourth-order valence-corrected chi connectivity index (χ4v) is 2.61. The minimum Gasteiger partial charge on any atom is -0.452 e. The number of carbonyl (C=O) groups excluding carboxylic acids is 2. The predicted octanol–water partition coefficient (Wildman–Crippen LogP) is 2.76. The van der Waals surface area contributed by atoms with E-state index in [4.69, 9.17) is 4.74 Å². The number of ether oxygens (including phenoxy) is 1. The molecule has 0 radical (unpaired) electrons. The average Bonchev–Trinajstić information content (AvgIpc) is 2.67. The summed E-state index contributed by atoms with van der Waals surface area (Å²) in [5, 5.41) is 2.74. The highest BCUT2D eigenvalue weighted by Gasteiger charge is 2.12. The molecule has 1 amide bonds. The Kier molecular flexibility index (Phi) is 5.76. The zero-order valence-electron chi connectivity index (χ0n) is 15.4. The van der Waals surface area contributed by atoms with Gasteiger partial charge < -0.3 is 10.1 Å². The number of hydrogen-bond donors (Lipinski definition) is 1. The topological polar surface area (TPSA) is 81.2 Å². The minimum atomic E-state index is -0.560. The monoisotopic (exact) mass is 363 g/mol. The lowest BCUT2D eigenvalue weighted by Gasteiger charge is -2.08. The predicted molar refractivity (Wildman–Crippen MR) is 102 cm³/mol. The van der Waals surface area contributed by atoms with Crippen molar-refractivity contribution in [3.05, 3.63) is 71.0 Å². The Bertz CT molecular complexity index is 971. The molecule has 6 heteroatoms. The second-order valence-corrected chi connectivity index (χ2v) is 6.26. The Morgan fingerprint density at radius 3 is 2.41 bits per heavy atom. The van der Waals surface area contributed by atoms with Crippen molar-refractivity contribution >= 4 is 22.9 Å². The molecule has 3 aromatic rings. The van der Waals surface area contributed by atoms with Gasteiger partial charge in [-0.3, -0.25) is 4.79 Å². The fourth-order valence-electron chi connectivity index (χ4n) is 2.61. The molecule has 138 valence electrons. The Morgan fingerprint density at radius 2 is 1.67 bits per heavy atom. The molecule has 0 unspecified atom stereocenters. The van der Waals surface area contributed by atoms with Gasteiger partial charge in [0.2, 0.25) is 0 Å². The molecule has 1 heterocycles. The van der Waals surface area contributed by atoms with Crippen LogP contribution in [0, 0.1) is 13.8 Å². The first-order valence-corrected chi connectivity index (χ1v) is 8.75. The van der Waals surface area contributed by atoms with Gasteiger partial charge in [0.1, 0.15) is 0 Å². The van der Waals surface area contributed by atoms with Gasteiger partial charge in [-0.2, -0.15) is 0 Å². The molecule has 3 rings (SSSR count). The van der Waals surface area contributed by atoms with Crippen LogP contribution in [0.15, 0.2) is 48.5 Å². The van der Waals surface area contributed by atoms with Crippen LogP contribution in [0.25, 0.3) is 11.0 Å². The average molecular weight is 363 g/mol. The van der Waals surface area contributed by atoms with E-state index in [1.807, 2.05) is 44.2 Å². The van der Waals surface area contributed by atoms with Crippen molar-refractivity contribution in [2.45, 2.75) is 20.3 Å². The van der Waals surface area contributed by atoms with Crippen LogP contribution in [0.1, 0.15) is 27.3 Å². The number of benzene rings is 2. The van der Waals surface area contributed by atoms with Gasteiger partial charge in [-0.05, 0) is 44.0 Å². The van der Waals surface area contributed by atoms with E-state index in [1.54, 1.807) is 18.2 Å². The maximum Gasteiger partial charge on any atom is 0.338 e. The number of aryl methyl sites for hydroxylation is 2. The lowest BCUT2D eigenvalue weighted by molar-refractivity contribution is -0.124. The second-order valence-electron chi connectivity index (χ2n) is 6.26. The summed E-state index contributed by atoms with van der Waals surface area (Å²) in [6.07, 6.45) is 0.725. The smallest absolute Gasteiger partial charge is 0.338 e. The third kappa shape index (κ3) is 4.88. The Hall–Kier alpha value is -3.28. The second kappa shape index (κ2) is 8.40. The summed E-state index contributed by atoms with van der Waals surface area (Å²) < 4.78 is 5.10. The number of rotatable bonds is 6. The molecule has 0 saturated carbocycles. The van der Waals surface area contributed by atoms with Gasteiger partial charge in [0.15, 0.2) is 6.61 Å². The quantitative estimate of drug-likeness (QED) is 0.681. The first kappa shape index (κ1) is 18.5. The molecule has 0 aliphatic carbocycles. The van der Waals surface area contributed by atoms with Crippen LogP contribution in [0.5, 0.6) is 0 Å². The molecule has 2 aromatic carbocycles. The maximum atomic E-state index is 12.2. The Balaban J connectivity index is 1.52. The van der Waals surface area contributed by atoms with Gasteiger partial charge in [0.25, 0.3) is 5.91 Å². The van der Waals surface area contributed by atoms with Crippen molar-refractivity contribution in [2.75, 3.05) is 13.2 Å². The van der Waals surface area contributed by atoms with Gasteiger partial charge >= 0.3 is 5.97 Å². The Morgan fingerprint density at radius 1 is 0.963 bits per heavy atom. The van der Waals surface area contributed by atoms with Crippen LogP contribution in [-0.4, -0.2) is 35.0 Å². The van der Waals surface area contributed by atoms with E-state index in [2.05, 4.69) is 15.3 Å². The number of aromatic nitrogens is 2. The summed E-state index contributed by atoms with van der Waals surface area (Å²) in [7, 11) is 0. The minimum absolute atomic E-state index is 0.315. The Labute approximate surface area is 157 Å². The molecule has 6 nitrogen and oxygen atoms in total. The fraction of sp³-hybridized carbons (Fsp3) is 0.238. The van der Waals surface area contributed by atoms with Gasteiger partial charge in [0.05, 0.1) is 28.0 Å². The molecule has 0 fully saturated rings. The van der Waals surface area contributed by atoms with Crippen molar-refractivity contribution in [2.24, 2.45) is 0 Å². The summed E-state index contributed by atoms with van der Waals surface area (Å²) in [4.78, 5) is 32.9. The van der Waals surface area contributed by atoms with Gasteiger partial charge in [0, 0.05) is 6.54 Å². The van der Waals surface area contributed by atoms with E-state index in [1.165, 1.54) is 0 Å². The third-order valence-corrected chi connectivity index (χ3v) is 4.22. The highest BCUT2D eigenvalue weighted by Crippen LogP contribution is 2.15. The van der Waals surface area contributed by atoms with E-state index < -0.39 is 5.97 Å². The number of hydrogen-bond acceptors (Lipinski definition) is 5. The van der Waals surface area contributed by atoms with Crippen molar-refractivity contribution < 1.29 is 14.3 Å². The summed E-state index contributed by atoms with van der Waals surface area (Å²) in [5.41, 5.74) is 4.48. The molecule has 1 N–H and O–H groups in total. The molecule has 0 aliphatic heterocycles. The number of carbonyl (C=O) groups is 2. The highest BCUT2D eigenvalue weighted by molar-refractivity contribution is 5.94. The standard InChI is InChI=1S/C21H21N3O3/c1-14-15(2)24-19-12-17(8-9-18(19)23-14)21(26)27-13-20(25)22-11-10-16-6-4-3-5-7-16/h3-9,12H,10-11,13H2,1-2H3,(H,22,25). The highest BCUT2D eigenvalue weighted by atomic mass is 16.5. The molecule has 27 heavy (non-hydrogen) atoms. The molecule has 1 aromatic heterocycles. The maximum absolute atomic E-state index is 12.2. The van der Waals surface area contributed by atoms with Crippen molar-refractivity contribution in [3.63, 3.8) is 0 Å². The zero-order chi connectivity index (χ0) is 19.2. The lowest BCUT2D eigenvalue weighted by atomic mass is 10.1. The molecule has 0 bridgehead atoms. The third-order valence-electron chi connectivity index (χ3n) is 4.22. The van der Waals surface area contributed by atoms with Gasteiger partial charge in [-0.25, -0.2) is 14.8 Å². The van der Waals surface area contributed by atoms with Gasteiger partial charge in [-0.1, -0.05) is 30.3 Å². The molecule has 0 saturated heterocycles. The van der Waals surface area contributed by atoms with E-state index in [9.17, 15) is 9.59 Å². The number of nitrogens with zero attached hydrogens (tertiary/aromatic N) is 2. The van der Waals surface area contributed by atoms with E-state index in [0.717, 1.165) is 23.4 Å². The van der Waals surface area contributed by atoms with Crippen LogP contribution in [-0.2, 0) is 16.0 Å². The first-order valence-electron chi connectivity index (χ1n) is 8.75. The van der Waals surface area contributed by atoms with Crippen LogP contribution < -0.4 is 5.32 Å². The molecular weight excluding hydrogens is 342 g/mol. The normalized spacial score (nSPS) is 10.6. The summed E-state index contributed by atoms with van der Waals surface area (Å²) >= 11 is 0. The zero-order valence-corrected chi connectivity index (χ0v) is 15.4. The number of amides is 1. The van der Waals surface area contributed by atoms with Crippen molar-refractivity contribution in [3.8, 4) is 0 Å². The van der Waals surface area contributed by atoms with Gasteiger partial charge in [-0.15, -0.1) is 0 Å². The van der Waals surface area contributed by atoms with Crippen molar-refractivity contribution in [1.82, 2.24) is 15.3 Å². The molecule has 0 aliphatic rings. The van der Waals surface area contributed by atoms with E-state index in [-0.39, 0.29) is 12.5 Å². The summed E-state index contributed by atoms with van der Waals surface area (Å²) in [6, 6.07) is 14.8. The molecule has 0 atom stereocenters. The largest absolute Gasteiger partial charge is 0.452 e. The summed E-state index contributed by atoms with van der Waals surface area (Å²) in [5.74, 6) is -0.888. The van der Waals surface area contributed by atoms with Crippen LogP contribution in [0.3, 0.4) is 0 Å². The lowest BCUT2D eigenvalue weighted by Crippen LogP contribution is -2.30.